The molecule has 0 N–H and O–H groups in total. The van der Waals surface area contributed by atoms with E-state index in [1.165, 1.54) is 20.3 Å². The number of aromatic nitrogens is 1. The molecule has 4 rings (SSSR count). The van der Waals surface area contributed by atoms with E-state index in [9.17, 15) is 4.79 Å². The van der Waals surface area contributed by atoms with Crippen LogP contribution in [0.3, 0.4) is 0 Å². The lowest BCUT2D eigenvalue weighted by molar-refractivity contribution is -0.131. The molecule has 1 saturated heterocycles. The summed E-state index contributed by atoms with van der Waals surface area (Å²) in [6, 6.07) is 12.4. The number of methoxy groups -OCH3 is 1. The molecule has 0 spiro atoms. The fourth-order valence-corrected chi connectivity index (χ4v) is 7.09. The van der Waals surface area contributed by atoms with Crippen LogP contribution in [-0.2, 0) is 4.79 Å². The van der Waals surface area contributed by atoms with Gasteiger partial charge in [-0.2, -0.15) is 0 Å². The van der Waals surface area contributed by atoms with Crippen molar-refractivity contribution in [2.45, 2.75) is 20.8 Å². The summed E-state index contributed by atoms with van der Waals surface area (Å²) in [6.07, 6.45) is 4.16. The second-order valence-electron chi connectivity index (χ2n) is 8.46. The molecule has 2 aliphatic heterocycles. The van der Waals surface area contributed by atoms with Gasteiger partial charge in [0, 0.05) is 62.6 Å². The van der Waals surface area contributed by atoms with E-state index in [-0.39, 0.29) is 5.91 Å². The number of halogens is 1. The molecule has 0 unspecified atom stereocenters. The number of anilines is 1. The van der Waals surface area contributed by atoms with Crippen molar-refractivity contribution in [2.75, 3.05) is 44.7 Å². The zero-order chi connectivity index (χ0) is 22.7. The highest BCUT2D eigenvalue weighted by molar-refractivity contribution is 14.2. The molecule has 0 radical (unpaired) electrons. The van der Waals surface area contributed by atoms with Crippen LogP contribution in [0, 0.1) is 12.8 Å². The Morgan fingerprint density at radius 1 is 1.12 bits per heavy atom. The van der Waals surface area contributed by atoms with Gasteiger partial charge in [-0.25, -0.2) is 4.98 Å². The molecule has 2 aliphatic rings. The number of hydrogen-bond donors (Lipinski definition) is 0. The first-order valence-electron chi connectivity index (χ1n) is 11.1. The molecule has 32 heavy (non-hydrogen) atoms. The van der Waals surface area contributed by atoms with Crippen LogP contribution >= 0.6 is 21.0 Å². The molecule has 0 bridgehead atoms. The van der Waals surface area contributed by atoms with Gasteiger partial charge in [-0.3, -0.25) is 4.79 Å². The summed E-state index contributed by atoms with van der Waals surface area (Å²) in [4.78, 5) is 21.9. The highest BCUT2D eigenvalue weighted by Crippen LogP contribution is 2.33. The Bertz CT molecular complexity index is 1020. The molecule has 6 nitrogen and oxygen atoms in total. The fraction of sp³-hybridized carbons (Fsp3) is 0.400. The number of carbonyl (C=O) groups excluding carboxylic acids is 1. The molecule has 1 amide bonds. The minimum Gasteiger partial charge on any atom is -0.497 e. The monoisotopic (exact) mass is 546 g/mol. The normalized spacial score (nSPS) is 16.6. The van der Waals surface area contributed by atoms with E-state index in [1.807, 2.05) is 29.3 Å². The van der Waals surface area contributed by atoms with Crippen LogP contribution in [0.1, 0.15) is 25.0 Å². The standard InChI is InChI=1S/C25H31IN4O2/c1-18(2)23-16-22(20-5-7-21(32-4)8-6-20)26-30(23)17-25(31)29-13-11-28(12-14-29)24-15-19(3)9-10-27-24/h5-10,15-16,18H,11-14,17H2,1-4H3. The maximum Gasteiger partial charge on any atom is 0.243 e. The SMILES string of the molecule is COc1ccc(C2=IN(CC(=O)N3CCN(c4cc(C)ccn4)CC3)C(C(C)C)=C2)cc1. The third kappa shape index (κ3) is 5.14. The zero-order valence-corrected chi connectivity index (χ0v) is 21.4. The van der Waals surface area contributed by atoms with Crippen molar-refractivity contribution in [1.82, 2.24) is 13.0 Å². The number of nitrogens with zero attached hydrogens (tertiary/aromatic N) is 4. The molecule has 0 aliphatic carbocycles. The van der Waals surface area contributed by atoms with E-state index in [2.05, 4.69) is 58.0 Å². The first-order chi connectivity index (χ1) is 15.4. The molecule has 0 saturated carbocycles. The lowest BCUT2D eigenvalue weighted by Gasteiger charge is -2.36. The van der Waals surface area contributed by atoms with Gasteiger partial charge in [0.1, 0.15) is 18.1 Å². The molecule has 1 aromatic heterocycles. The van der Waals surface area contributed by atoms with Gasteiger partial charge in [-0.1, -0.05) is 26.0 Å². The van der Waals surface area contributed by atoms with Gasteiger partial charge in [-0.05, 0) is 54.3 Å². The molecular weight excluding hydrogens is 515 g/mol. The van der Waals surface area contributed by atoms with E-state index in [0.717, 1.165) is 37.7 Å². The highest BCUT2D eigenvalue weighted by atomic mass is 127. The van der Waals surface area contributed by atoms with E-state index >= 15 is 0 Å². The second-order valence-corrected chi connectivity index (χ2v) is 11.3. The van der Waals surface area contributed by atoms with Crippen LogP contribution in [0.5, 0.6) is 5.75 Å². The van der Waals surface area contributed by atoms with E-state index in [1.54, 1.807) is 7.11 Å². The number of hydrogen-bond acceptors (Lipinski definition) is 5. The lowest BCUT2D eigenvalue weighted by atomic mass is 10.1. The Balaban J connectivity index is 1.40. The average molecular weight is 546 g/mol. The Morgan fingerprint density at radius 2 is 1.84 bits per heavy atom. The van der Waals surface area contributed by atoms with Crippen molar-refractivity contribution in [1.29, 1.82) is 0 Å². The fourth-order valence-electron chi connectivity index (χ4n) is 3.93. The Labute approximate surface area is 201 Å². The summed E-state index contributed by atoms with van der Waals surface area (Å²) in [5, 5.41) is 0. The Hall–Kier alpha value is -2.42. The van der Waals surface area contributed by atoms with Gasteiger partial charge < -0.3 is 17.6 Å². The molecular formula is C25H31IN4O2. The number of aryl methyl sites for hydroxylation is 1. The first kappa shape index (κ1) is 22.8. The maximum atomic E-state index is 13.2. The summed E-state index contributed by atoms with van der Waals surface area (Å²) in [7, 11) is 1.69. The van der Waals surface area contributed by atoms with Gasteiger partial charge in [0.2, 0.25) is 5.91 Å². The number of ether oxygens (including phenoxy) is 1. The van der Waals surface area contributed by atoms with Crippen molar-refractivity contribution in [3.63, 3.8) is 0 Å². The zero-order valence-electron chi connectivity index (χ0n) is 19.2. The Kier molecular flexibility index (Phi) is 7.13. The topological polar surface area (TPSA) is 48.9 Å². The molecule has 3 heterocycles. The van der Waals surface area contributed by atoms with Crippen molar-refractivity contribution in [3.05, 3.63) is 65.5 Å². The maximum absolute atomic E-state index is 13.2. The predicted molar refractivity (Wildman–Crippen MR) is 139 cm³/mol. The minimum absolute atomic E-state index is 0.226. The summed E-state index contributed by atoms with van der Waals surface area (Å²) in [5.41, 5.74) is 3.72. The first-order valence-corrected chi connectivity index (χ1v) is 13.1. The Morgan fingerprint density at radius 3 is 2.47 bits per heavy atom. The average Bonchev–Trinajstić information content (AvgIpc) is 3.23. The number of allylic oxidation sites excluding steroid dienone is 2. The third-order valence-electron chi connectivity index (χ3n) is 5.84. The number of pyridine rings is 1. The largest absolute Gasteiger partial charge is 0.497 e. The summed E-state index contributed by atoms with van der Waals surface area (Å²) in [5.74, 6) is 2.49. The van der Waals surface area contributed by atoms with Crippen molar-refractivity contribution in [3.8, 4) is 5.75 Å². The summed E-state index contributed by atoms with van der Waals surface area (Å²) < 4.78 is 9.00. The molecule has 0 atom stereocenters. The smallest absolute Gasteiger partial charge is 0.243 e. The van der Waals surface area contributed by atoms with E-state index < -0.39 is 21.0 Å². The van der Waals surface area contributed by atoms with Gasteiger partial charge in [0.25, 0.3) is 0 Å². The second kappa shape index (κ2) is 10.0. The summed E-state index contributed by atoms with van der Waals surface area (Å²) >= 11 is -0.413. The van der Waals surface area contributed by atoms with Crippen LogP contribution in [0.25, 0.3) is 0 Å². The van der Waals surface area contributed by atoms with Gasteiger partial charge in [0.15, 0.2) is 0 Å². The summed E-state index contributed by atoms with van der Waals surface area (Å²) in [6.45, 7) is 10.1. The third-order valence-corrected chi connectivity index (χ3v) is 8.77. The molecule has 1 fully saturated rings. The number of piperazine rings is 1. The number of benzene rings is 1. The van der Waals surface area contributed by atoms with Crippen LogP contribution in [0.2, 0.25) is 0 Å². The number of amides is 1. The highest BCUT2D eigenvalue weighted by Gasteiger charge is 2.27. The van der Waals surface area contributed by atoms with Gasteiger partial charge in [-0.15, -0.1) is 0 Å². The van der Waals surface area contributed by atoms with Crippen molar-refractivity contribution in [2.24, 2.45) is 5.92 Å². The van der Waals surface area contributed by atoms with Crippen LogP contribution in [-0.4, -0.2) is 62.2 Å². The molecule has 170 valence electrons. The quantitative estimate of drug-likeness (QED) is 0.405. The minimum atomic E-state index is -0.413. The van der Waals surface area contributed by atoms with E-state index in [4.69, 9.17) is 4.74 Å². The van der Waals surface area contributed by atoms with E-state index in [0.29, 0.717) is 12.5 Å². The van der Waals surface area contributed by atoms with Crippen molar-refractivity contribution >= 4 is 36.2 Å². The molecule has 1 aromatic carbocycles. The van der Waals surface area contributed by atoms with Gasteiger partial charge in [0.05, 0.1) is 7.11 Å². The van der Waals surface area contributed by atoms with Gasteiger partial charge >= 0.3 is 0 Å². The number of carbonyl (C=O) groups is 1. The number of rotatable bonds is 6. The van der Waals surface area contributed by atoms with Crippen LogP contribution in [0.15, 0.2) is 54.4 Å². The molecule has 7 heteroatoms. The van der Waals surface area contributed by atoms with Crippen LogP contribution < -0.4 is 9.64 Å². The predicted octanol–water partition coefficient (Wildman–Crippen LogP) is 4.01. The lowest BCUT2D eigenvalue weighted by Crippen LogP contribution is -2.50. The van der Waals surface area contributed by atoms with Crippen molar-refractivity contribution < 1.29 is 9.53 Å². The van der Waals surface area contributed by atoms with Crippen LogP contribution in [0.4, 0.5) is 5.82 Å². The molecule has 2 aromatic rings.